The Bertz CT molecular complexity index is 911. The Morgan fingerprint density at radius 3 is 1.85 bits per heavy atom. The number of likely N-dealkylation sites (N-methyl/N-ethyl adjacent to an activating group) is 1. The normalized spacial score (nSPS) is 12.6. The zero-order valence-corrected chi connectivity index (χ0v) is 17.3. The lowest BCUT2D eigenvalue weighted by Crippen LogP contribution is -3.12. The minimum absolute atomic E-state index is 0.0174. The Balaban J connectivity index is 2.40. The van der Waals surface area contributed by atoms with Gasteiger partial charge in [0.1, 0.15) is 0 Å². The van der Waals surface area contributed by atoms with E-state index in [2.05, 4.69) is 0 Å². The predicted molar refractivity (Wildman–Crippen MR) is 106 cm³/mol. The zero-order valence-electron chi connectivity index (χ0n) is 15.7. The van der Waals surface area contributed by atoms with Crippen molar-refractivity contribution in [1.29, 1.82) is 0 Å². The van der Waals surface area contributed by atoms with Crippen LogP contribution in [0.1, 0.15) is 19.4 Å². The second kappa shape index (κ2) is 9.45. The smallest absolute Gasteiger partial charge is 0.256 e. The third-order valence-corrected chi connectivity index (χ3v) is 8.82. The second-order valence-electron chi connectivity index (χ2n) is 6.26. The molecule has 2 aromatic carbocycles. The van der Waals surface area contributed by atoms with Crippen LogP contribution in [0.4, 0.5) is 0 Å². The lowest BCUT2D eigenvalue weighted by molar-refractivity contribution is -0.895. The maximum Gasteiger partial charge on any atom is 0.256 e. The lowest BCUT2D eigenvalue weighted by atomic mass is 10.2. The summed E-state index contributed by atoms with van der Waals surface area (Å²) in [6.45, 7) is 5.93. The van der Waals surface area contributed by atoms with Crippen LogP contribution in [0.3, 0.4) is 0 Å². The maximum atomic E-state index is 13.1. The number of rotatable bonds is 10. The van der Waals surface area contributed by atoms with E-state index in [0.717, 1.165) is 18.0 Å². The fourth-order valence-electron chi connectivity index (χ4n) is 2.83. The van der Waals surface area contributed by atoms with Crippen LogP contribution in [-0.2, 0) is 25.8 Å². The first-order chi connectivity index (χ1) is 12.8. The molecule has 0 radical (unpaired) electrons. The van der Waals surface area contributed by atoms with E-state index >= 15 is 0 Å². The Morgan fingerprint density at radius 2 is 1.33 bits per heavy atom. The van der Waals surface area contributed by atoms with Crippen molar-refractivity contribution in [3.8, 4) is 0 Å². The van der Waals surface area contributed by atoms with Crippen molar-refractivity contribution in [1.82, 2.24) is 3.71 Å². The van der Waals surface area contributed by atoms with Gasteiger partial charge < -0.3 is 4.90 Å². The molecular weight excluding hydrogens is 384 g/mol. The molecule has 0 saturated heterocycles. The molecule has 0 fully saturated rings. The first kappa shape index (κ1) is 21.6. The Morgan fingerprint density at radius 1 is 0.815 bits per heavy atom. The fourth-order valence-corrected chi connectivity index (χ4v) is 6.64. The van der Waals surface area contributed by atoms with Crippen molar-refractivity contribution in [2.75, 3.05) is 26.2 Å². The highest BCUT2D eigenvalue weighted by atomic mass is 32.3. The average Bonchev–Trinajstić information content (AvgIpc) is 2.66. The van der Waals surface area contributed by atoms with E-state index < -0.39 is 20.0 Å². The molecule has 0 aliphatic carbocycles. The Labute approximate surface area is 162 Å². The average molecular weight is 412 g/mol. The summed E-state index contributed by atoms with van der Waals surface area (Å²) in [4.78, 5) is 1.12. The summed E-state index contributed by atoms with van der Waals surface area (Å²) in [6.07, 6.45) is 0. The van der Waals surface area contributed by atoms with Gasteiger partial charge in [-0.25, -0.2) is 16.8 Å². The summed E-state index contributed by atoms with van der Waals surface area (Å²) in [7, 11) is -8.22. The van der Waals surface area contributed by atoms with Gasteiger partial charge in [0.15, 0.2) is 0 Å². The molecule has 0 heterocycles. The van der Waals surface area contributed by atoms with E-state index in [1.54, 1.807) is 48.5 Å². The number of sulfonamides is 2. The molecular formula is C19H27N2O4S2+. The highest BCUT2D eigenvalue weighted by molar-refractivity contribution is 8.03. The van der Waals surface area contributed by atoms with Crippen molar-refractivity contribution in [2.45, 2.75) is 24.5 Å². The van der Waals surface area contributed by atoms with Gasteiger partial charge in [-0.05, 0) is 31.5 Å². The highest BCUT2D eigenvalue weighted by Crippen LogP contribution is 2.21. The summed E-state index contributed by atoms with van der Waals surface area (Å²) in [6, 6.07) is 16.3. The van der Waals surface area contributed by atoms with Crippen molar-refractivity contribution in [3.05, 3.63) is 66.2 Å². The van der Waals surface area contributed by atoms with Crippen LogP contribution < -0.4 is 4.90 Å². The van der Waals surface area contributed by atoms with Gasteiger partial charge in [0.05, 0.1) is 36.8 Å². The van der Waals surface area contributed by atoms with Gasteiger partial charge in [-0.15, -0.1) is 0 Å². The van der Waals surface area contributed by atoms with Crippen molar-refractivity contribution >= 4 is 20.0 Å². The molecule has 0 aromatic heterocycles. The number of nitrogens with one attached hydrogen (secondary N) is 1. The van der Waals surface area contributed by atoms with Gasteiger partial charge in [0.2, 0.25) is 10.0 Å². The molecule has 27 heavy (non-hydrogen) atoms. The minimum atomic E-state index is -4.16. The molecule has 6 nitrogen and oxygen atoms in total. The van der Waals surface area contributed by atoms with Crippen LogP contribution in [0.15, 0.2) is 65.6 Å². The van der Waals surface area contributed by atoms with Gasteiger partial charge in [-0.3, -0.25) is 0 Å². The molecule has 0 amide bonds. The summed E-state index contributed by atoms with van der Waals surface area (Å²) in [5, 5.41) is 0. The van der Waals surface area contributed by atoms with Gasteiger partial charge >= 0.3 is 0 Å². The van der Waals surface area contributed by atoms with Gasteiger partial charge in [0, 0.05) is 0 Å². The van der Waals surface area contributed by atoms with E-state index in [1.807, 2.05) is 13.8 Å². The van der Waals surface area contributed by atoms with Gasteiger partial charge in [0.25, 0.3) is 10.0 Å². The number of hydrogen-bond acceptors (Lipinski definition) is 4. The molecule has 0 atom stereocenters. The molecule has 0 spiro atoms. The molecule has 8 heteroatoms. The van der Waals surface area contributed by atoms with Crippen LogP contribution in [-0.4, -0.2) is 46.7 Å². The summed E-state index contributed by atoms with van der Waals surface area (Å²) in [5.41, 5.74) is 0.556. The molecule has 1 N–H and O–H groups in total. The van der Waals surface area contributed by atoms with Gasteiger partial charge in [-0.1, -0.05) is 52.2 Å². The Kier molecular flexibility index (Phi) is 7.55. The zero-order chi connectivity index (χ0) is 19.9. The third-order valence-electron chi connectivity index (χ3n) is 4.46. The largest absolute Gasteiger partial charge is 0.334 e. The van der Waals surface area contributed by atoms with E-state index in [4.69, 9.17) is 0 Å². The number of quaternary nitrogens is 1. The maximum absolute atomic E-state index is 13.1. The lowest BCUT2D eigenvalue weighted by Gasteiger charge is -2.24. The number of benzene rings is 2. The third kappa shape index (κ3) is 5.62. The molecule has 148 valence electrons. The fraction of sp³-hybridized carbons (Fsp3) is 0.368. The molecule has 0 bridgehead atoms. The van der Waals surface area contributed by atoms with E-state index in [9.17, 15) is 16.8 Å². The molecule has 2 rings (SSSR count). The minimum Gasteiger partial charge on any atom is -0.334 e. The molecule has 0 aliphatic heterocycles. The summed E-state index contributed by atoms with van der Waals surface area (Å²) in [5.74, 6) is -0.354. The van der Waals surface area contributed by atoms with Crippen molar-refractivity contribution in [2.24, 2.45) is 0 Å². The monoisotopic (exact) mass is 411 g/mol. The number of hydrogen-bond donors (Lipinski definition) is 1. The summed E-state index contributed by atoms with van der Waals surface area (Å²) >= 11 is 0. The van der Waals surface area contributed by atoms with Crippen LogP contribution in [0, 0.1) is 0 Å². The molecule has 2 aromatic rings. The predicted octanol–water partition coefficient (Wildman–Crippen LogP) is 1.13. The number of nitrogens with zero attached hydrogens (tertiary/aromatic N) is 1. The van der Waals surface area contributed by atoms with Crippen LogP contribution >= 0.6 is 0 Å². The van der Waals surface area contributed by atoms with Gasteiger partial charge in [-0.2, -0.15) is 0 Å². The van der Waals surface area contributed by atoms with Crippen LogP contribution in [0.5, 0.6) is 0 Å². The van der Waals surface area contributed by atoms with E-state index in [1.165, 1.54) is 12.1 Å². The standard InChI is InChI=1S/C19H26N2O4S2/c1-3-20(4-2)15-16-21(27(24,25)19-13-9-6-10-14-19)26(22,23)17-18-11-7-5-8-12-18/h5-14H,3-4,15-17H2,1-2H3/p+1. The second-order valence-corrected chi connectivity index (χ2v) is 10.3. The molecule has 0 unspecified atom stereocenters. The van der Waals surface area contributed by atoms with Crippen LogP contribution in [0.2, 0.25) is 0 Å². The van der Waals surface area contributed by atoms with Crippen molar-refractivity contribution in [3.63, 3.8) is 0 Å². The van der Waals surface area contributed by atoms with E-state index in [0.29, 0.717) is 15.8 Å². The topological polar surface area (TPSA) is 76.0 Å². The highest BCUT2D eigenvalue weighted by Gasteiger charge is 2.36. The first-order valence-corrected chi connectivity index (χ1v) is 12.0. The van der Waals surface area contributed by atoms with E-state index in [-0.39, 0.29) is 17.2 Å². The molecule has 0 aliphatic rings. The van der Waals surface area contributed by atoms with Crippen LogP contribution in [0.25, 0.3) is 0 Å². The SMILES string of the molecule is CC[NH+](CC)CCN(S(=O)(=O)Cc1ccccc1)S(=O)(=O)c1ccccc1. The first-order valence-electron chi connectivity index (χ1n) is 8.99. The summed E-state index contributed by atoms with van der Waals surface area (Å²) < 4.78 is 53.0. The Hall–Kier alpha value is -1.74. The van der Waals surface area contributed by atoms with Crippen molar-refractivity contribution < 1.29 is 21.7 Å². The quantitative estimate of drug-likeness (QED) is 0.636. The molecule has 0 saturated carbocycles.